The lowest BCUT2D eigenvalue weighted by Crippen LogP contribution is -2.01. The zero-order valence-electron chi connectivity index (χ0n) is 22.4. The molecule has 0 unspecified atom stereocenters. The van der Waals surface area contributed by atoms with E-state index in [0.717, 1.165) is 33.7 Å². The number of para-hydroxylation sites is 1. The van der Waals surface area contributed by atoms with Crippen LogP contribution in [0.4, 0.5) is 0 Å². The monoisotopic (exact) mass is 512 g/mol. The number of aryl methyl sites for hydroxylation is 1. The molecule has 7 rings (SSSR count). The maximum Gasteiger partial charge on any atom is 0.138 e. The van der Waals surface area contributed by atoms with Gasteiger partial charge in [0.2, 0.25) is 0 Å². The molecule has 5 aromatic carbocycles. The first-order chi connectivity index (χ1) is 19.7. The summed E-state index contributed by atoms with van der Waals surface area (Å²) in [7, 11) is 0. The molecular weight excluding hydrogens is 484 g/mol. The minimum atomic E-state index is 0.906. The molecule has 0 saturated carbocycles. The first-order valence-corrected chi connectivity index (χ1v) is 13.6. The Morgan fingerprint density at radius 2 is 1.27 bits per heavy atom. The number of pyridine rings is 1. The van der Waals surface area contributed by atoms with Crippen molar-refractivity contribution in [2.24, 2.45) is 0 Å². The Hall–Kier alpha value is -5.21. The molecule has 2 aromatic heterocycles. The minimum absolute atomic E-state index is 0.906. The van der Waals surface area contributed by atoms with Crippen molar-refractivity contribution < 1.29 is 0 Å². The van der Waals surface area contributed by atoms with E-state index in [1.165, 1.54) is 38.5 Å². The Labute approximate surface area is 234 Å². The molecule has 0 radical (unpaired) electrons. The Morgan fingerprint density at radius 1 is 0.600 bits per heavy atom. The van der Waals surface area contributed by atoms with Crippen molar-refractivity contribution in [1.82, 2.24) is 9.55 Å². The molecule has 0 amide bonds. The van der Waals surface area contributed by atoms with Crippen LogP contribution >= 0.6 is 0 Å². The predicted molar refractivity (Wildman–Crippen MR) is 170 cm³/mol. The maximum absolute atomic E-state index is 5.30. The van der Waals surface area contributed by atoms with E-state index in [0.29, 0.717) is 0 Å². The molecule has 190 valence electrons. The first-order valence-electron chi connectivity index (χ1n) is 13.6. The van der Waals surface area contributed by atoms with Gasteiger partial charge in [0.05, 0.1) is 16.7 Å². The van der Waals surface area contributed by atoms with Crippen LogP contribution in [0.25, 0.3) is 67.2 Å². The molecule has 0 aliphatic rings. The normalized spacial score (nSPS) is 11.2. The Kier molecular flexibility index (Phi) is 5.87. The largest absolute Gasteiger partial charge is 0.293 e. The summed E-state index contributed by atoms with van der Waals surface area (Å²) < 4.78 is 2.35. The summed E-state index contributed by atoms with van der Waals surface area (Å²) in [6.45, 7) is 6.30. The van der Waals surface area contributed by atoms with Crippen LogP contribution in [0.3, 0.4) is 0 Å². The summed E-state index contributed by atoms with van der Waals surface area (Å²) >= 11 is 0. The molecule has 0 aliphatic carbocycles. The van der Waals surface area contributed by atoms with E-state index in [9.17, 15) is 0 Å². The van der Waals surface area contributed by atoms with Gasteiger partial charge < -0.3 is 0 Å². The number of aromatic nitrogens is 2. The van der Waals surface area contributed by atoms with Crippen LogP contribution in [0.2, 0.25) is 0 Å². The van der Waals surface area contributed by atoms with Gasteiger partial charge in [-0.3, -0.25) is 4.57 Å². The Morgan fingerprint density at radius 3 is 2.05 bits per heavy atom. The van der Waals surface area contributed by atoms with E-state index < -0.39 is 0 Å². The number of hydrogen-bond acceptors (Lipinski definition) is 1. The number of benzene rings is 5. The molecule has 2 heterocycles. The van der Waals surface area contributed by atoms with Crippen molar-refractivity contribution in [3.05, 3.63) is 151 Å². The fourth-order valence-electron chi connectivity index (χ4n) is 5.86. The highest BCUT2D eigenvalue weighted by molar-refractivity contribution is 6.11. The number of rotatable bonds is 5. The highest BCUT2D eigenvalue weighted by Gasteiger charge is 2.19. The van der Waals surface area contributed by atoms with Gasteiger partial charge in [-0.05, 0) is 58.5 Å². The summed E-state index contributed by atoms with van der Waals surface area (Å²) in [6, 6.07) is 47.0. The van der Waals surface area contributed by atoms with Crippen LogP contribution in [-0.4, -0.2) is 9.55 Å². The third kappa shape index (κ3) is 3.93. The summed E-state index contributed by atoms with van der Waals surface area (Å²) in [4.78, 5) is 5.30. The van der Waals surface area contributed by atoms with Crippen LogP contribution in [0.15, 0.2) is 140 Å². The molecule has 0 N–H and O–H groups in total. The van der Waals surface area contributed by atoms with Crippen molar-refractivity contribution in [2.75, 3.05) is 0 Å². The second-order valence-corrected chi connectivity index (χ2v) is 10.1. The average molecular weight is 513 g/mol. The highest BCUT2D eigenvalue weighted by atomic mass is 15.1. The van der Waals surface area contributed by atoms with Crippen LogP contribution in [-0.2, 0) is 0 Å². The van der Waals surface area contributed by atoms with E-state index in [-0.39, 0.29) is 0 Å². The van der Waals surface area contributed by atoms with Gasteiger partial charge in [-0.25, -0.2) is 4.98 Å². The van der Waals surface area contributed by atoms with Gasteiger partial charge in [0.15, 0.2) is 0 Å². The van der Waals surface area contributed by atoms with Crippen molar-refractivity contribution in [3.63, 3.8) is 0 Å². The maximum atomic E-state index is 5.30. The minimum Gasteiger partial charge on any atom is -0.293 e. The molecule has 0 aliphatic heterocycles. The van der Waals surface area contributed by atoms with Gasteiger partial charge in [-0.15, -0.1) is 0 Å². The molecule has 0 saturated heterocycles. The second-order valence-electron chi connectivity index (χ2n) is 10.1. The van der Waals surface area contributed by atoms with Gasteiger partial charge in [-0.1, -0.05) is 128 Å². The van der Waals surface area contributed by atoms with Crippen molar-refractivity contribution in [3.8, 4) is 39.3 Å². The van der Waals surface area contributed by atoms with Gasteiger partial charge in [-0.2, -0.15) is 0 Å². The van der Waals surface area contributed by atoms with Crippen molar-refractivity contribution in [1.29, 1.82) is 0 Å². The van der Waals surface area contributed by atoms with Crippen molar-refractivity contribution >= 4 is 27.9 Å². The standard InChI is InChI=1S/C38H28N2/c1-3-27-14-10-11-19-32(27)31-22-23-34-33-20-12-13-21-36(33)40(38(34)26(31)2)37-25-30(28-15-6-4-7-16-28)24-35(39-37)29-17-8-5-9-18-29/h3-25H,1H2,2H3. The third-order valence-electron chi connectivity index (χ3n) is 7.78. The van der Waals surface area contributed by atoms with Gasteiger partial charge in [0, 0.05) is 16.3 Å². The molecule has 2 nitrogen and oxygen atoms in total. The highest BCUT2D eigenvalue weighted by Crippen LogP contribution is 2.39. The lowest BCUT2D eigenvalue weighted by molar-refractivity contribution is 1.08. The third-order valence-corrected chi connectivity index (χ3v) is 7.78. The fourth-order valence-corrected chi connectivity index (χ4v) is 5.86. The van der Waals surface area contributed by atoms with Crippen LogP contribution < -0.4 is 0 Å². The van der Waals surface area contributed by atoms with E-state index in [1.807, 2.05) is 12.1 Å². The predicted octanol–water partition coefficient (Wildman–Crippen LogP) is 10.1. The van der Waals surface area contributed by atoms with Crippen LogP contribution in [0.1, 0.15) is 11.1 Å². The van der Waals surface area contributed by atoms with Gasteiger partial charge >= 0.3 is 0 Å². The molecule has 0 fully saturated rings. The molecule has 0 atom stereocenters. The lowest BCUT2D eigenvalue weighted by Gasteiger charge is -2.16. The summed E-state index contributed by atoms with van der Waals surface area (Å²) in [5.41, 5.74) is 11.4. The molecular formula is C38H28N2. The van der Waals surface area contributed by atoms with E-state index in [1.54, 1.807) is 0 Å². The number of hydrogen-bond donors (Lipinski definition) is 0. The zero-order chi connectivity index (χ0) is 27.1. The molecule has 7 aromatic rings. The first kappa shape index (κ1) is 23.9. The molecule has 0 bridgehead atoms. The van der Waals surface area contributed by atoms with Crippen molar-refractivity contribution in [2.45, 2.75) is 6.92 Å². The van der Waals surface area contributed by atoms with Gasteiger partial charge in [0.1, 0.15) is 5.82 Å². The topological polar surface area (TPSA) is 17.8 Å². The molecule has 0 spiro atoms. The van der Waals surface area contributed by atoms with Gasteiger partial charge in [0.25, 0.3) is 0 Å². The SMILES string of the molecule is C=Cc1ccccc1-c1ccc2c3ccccc3n(-c3cc(-c4ccccc4)cc(-c4ccccc4)n3)c2c1C. The number of nitrogens with zero attached hydrogens (tertiary/aromatic N) is 2. The summed E-state index contributed by atoms with van der Waals surface area (Å²) in [5, 5.41) is 2.44. The smallest absolute Gasteiger partial charge is 0.138 e. The fraction of sp³-hybridized carbons (Fsp3) is 0.0263. The molecule has 2 heteroatoms. The molecule has 40 heavy (non-hydrogen) atoms. The lowest BCUT2D eigenvalue weighted by atomic mass is 9.94. The van der Waals surface area contributed by atoms with E-state index >= 15 is 0 Å². The van der Waals surface area contributed by atoms with E-state index in [4.69, 9.17) is 4.98 Å². The van der Waals surface area contributed by atoms with Crippen LogP contribution in [0, 0.1) is 6.92 Å². The summed E-state index contributed by atoms with van der Waals surface area (Å²) in [6.07, 6.45) is 1.94. The number of fused-ring (bicyclic) bond motifs is 3. The average Bonchev–Trinajstić information content (AvgIpc) is 3.37. The van der Waals surface area contributed by atoms with Crippen LogP contribution in [0.5, 0.6) is 0 Å². The Balaban J connectivity index is 1.58. The van der Waals surface area contributed by atoms with E-state index in [2.05, 4.69) is 145 Å². The second kappa shape index (κ2) is 9.83. The summed E-state index contributed by atoms with van der Waals surface area (Å²) in [5.74, 6) is 0.906. The quantitative estimate of drug-likeness (QED) is 0.224. The zero-order valence-corrected chi connectivity index (χ0v) is 22.4. The Bertz CT molecular complexity index is 1960.